The van der Waals surface area contributed by atoms with Crippen molar-refractivity contribution in [2.45, 2.75) is 28.4 Å². The van der Waals surface area contributed by atoms with E-state index in [1.54, 1.807) is 0 Å². The molecule has 1 fully saturated rings. The lowest BCUT2D eigenvalue weighted by atomic mass is 10.1. The number of nitrogens with one attached hydrogen (secondary N) is 1. The van der Waals surface area contributed by atoms with Crippen molar-refractivity contribution in [2.75, 3.05) is 6.61 Å². The first kappa shape index (κ1) is 14.2. The van der Waals surface area contributed by atoms with Crippen molar-refractivity contribution < 1.29 is 24.8 Å². The van der Waals surface area contributed by atoms with Crippen LogP contribution in [0.25, 0.3) is 0 Å². The second-order valence-electron chi connectivity index (χ2n) is 3.15. The highest BCUT2D eigenvalue weighted by Crippen LogP contribution is 2.30. The fourth-order valence-electron chi connectivity index (χ4n) is 1.15. The van der Waals surface area contributed by atoms with Gasteiger partial charge in [-0.2, -0.15) is 0 Å². The number of aliphatic hydroxyl groups excluding tert-OH is 3. The van der Waals surface area contributed by atoms with Crippen molar-refractivity contribution in [3.8, 4) is 0 Å². The number of rotatable bonds is 2. The minimum Gasteiger partial charge on any atom is -0.445 e. The van der Waals surface area contributed by atoms with E-state index < -0.39 is 40.9 Å². The van der Waals surface area contributed by atoms with E-state index >= 15 is 0 Å². The van der Waals surface area contributed by atoms with Gasteiger partial charge >= 0.3 is 0 Å². The number of hydrogen-bond acceptors (Lipinski definition) is 6. The molecule has 0 radical (unpaired) electrons. The van der Waals surface area contributed by atoms with Crippen molar-refractivity contribution in [3.05, 3.63) is 0 Å². The maximum absolute atomic E-state index is 9.44. The van der Waals surface area contributed by atoms with Crippen molar-refractivity contribution in [3.63, 3.8) is 0 Å². The zero-order valence-electron chi connectivity index (χ0n) is 7.81. The van der Waals surface area contributed by atoms with Gasteiger partial charge in [-0.15, -0.1) is 0 Å². The molecule has 0 aromatic carbocycles. The Labute approximate surface area is 106 Å². The molecule has 0 saturated carbocycles. The molecule has 0 aromatic rings. The van der Waals surface area contributed by atoms with E-state index in [4.69, 9.17) is 54.8 Å². The van der Waals surface area contributed by atoms with Crippen LogP contribution >= 0.6 is 34.8 Å². The first-order chi connectivity index (χ1) is 7.27. The summed E-state index contributed by atoms with van der Waals surface area (Å²) in [5.41, 5.74) is 0. The first-order valence-corrected chi connectivity index (χ1v) is 5.35. The Hall–Kier alpha value is 0.180. The summed E-state index contributed by atoms with van der Waals surface area (Å²) in [4.78, 5) is 0. The van der Waals surface area contributed by atoms with Crippen LogP contribution in [0.2, 0.25) is 0 Å². The maximum Gasteiger partial charge on any atom is 0.265 e. The second kappa shape index (κ2) is 5.22. The lowest BCUT2D eigenvalue weighted by Gasteiger charge is -2.20. The average molecular weight is 295 g/mol. The van der Waals surface area contributed by atoms with Gasteiger partial charge in [0.15, 0.2) is 0 Å². The Morgan fingerprint density at radius 3 is 2.25 bits per heavy atom. The smallest absolute Gasteiger partial charge is 0.265 e. The fraction of sp³-hybridized carbons (Fsp3) is 0.857. The Kier molecular flexibility index (Phi) is 4.65. The summed E-state index contributed by atoms with van der Waals surface area (Å²) in [5.74, 6) is -0.743. The van der Waals surface area contributed by atoms with Crippen LogP contribution in [0.1, 0.15) is 0 Å². The summed E-state index contributed by atoms with van der Waals surface area (Å²) in [6.07, 6.45) is -5.10. The molecule has 94 valence electrons. The van der Waals surface area contributed by atoms with Crippen molar-refractivity contribution in [1.29, 1.82) is 5.41 Å². The zero-order chi connectivity index (χ0) is 12.5. The van der Waals surface area contributed by atoms with Crippen LogP contribution in [0.5, 0.6) is 0 Å². The minimum atomic E-state index is -2.08. The SMILES string of the molecule is N=C(O[C@@H]1O[C@H](CO)[C@@H](O)[C@H]1O)C(Cl)(Cl)Cl. The molecular formula is C7H10Cl3NO5. The van der Waals surface area contributed by atoms with Crippen LogP contribution in [-0.4, -0.2) is 56.2 Å². The molecule has 0 amide bonds. The minimum absolute atomic E-state index is 0.501. The second-order valence-corrected chi connectivity index (χ2v) is 5.43. The molecule has 4 atom stereocenters. The van der Waals surface area contributed by atoms with Gasteiger partial charge in [-0.3, -0.25) is 5.41 Å². The lowest BCUT2D eigenvalue weighted by molar-refractivity contribution is -0.124. The normalized spacial score (nSPS) is 35.1. The molecule has 1 aliphatic heterocycles. The quantitative estimate of drug-likeness (QED) is 0.321. The van der Waals surface area contributed by atoms with Gasteiger partial charge in [0.05, 0.1) is 6.61 Å². The van der Waals surface area contributed by atoms with Crippen molar-refractivity contribution in [1.82, 2.24) is 0 Å². The molecule has 0 aromatic heterocycles. The molecule has 0 spiro atoms. The Bertz CT molecular complexity index is 271. The first-order valence-electron chi connectivity index (χ1n) is 4.22. The predicted molar refractivity (Wildman–Crippen MR) is 56.9 cm³/mol. The zero-order valence-corrected chi connectivity index (χ0v) is 10.1. The van der Waals surface area contributed by atoms with Crippen molar-refractivity contribution in [2.24, 2.45) is 0 Å². The van der Waals surface area contributed by atoms with E-state index in [-0.39, 0.29) is 0 Å². The van der Waals surface area contributed by atoms with Gasteiger partial charge in [-0.05, 0) is 0 Å². The third-order valence-corrected chi connectivity index (χ3v) is 2.50. The fourth-order valence-corrected chi connectivity index (χ4v) is 1.28. The third-order valence-electron chi connectivity index (χ3n) is 1.99. The van der Waals surface area contributed by atoms with Crippen LogP contribution in [0.4, 0.5) is 0 Å². The predicted octanol–water partition coefficient (Wildman–Crippen LogP) is -0.211. The van der Waals surface area contributed by atoms with Crippen LogP contribution < -0.4 is 0 Å². The molecule has 1 heterocycles. The van der Waals surface area contributed by atoms with Crippen molar-refractivity contribution >= 4 is 40.7 Å². The van der Waals surface area contributed by atoms with Gasteiger partial charge in [0, 0.05) is 0 Å². The summed E-state index contributed by atoms with van der Waals surface area (Å²) in [6, 6.07) is 0. The summed E-state index contributed by atoms with van der Waals surface area (Å²) < 4.78 is 7.57. The van der Waals surface area contributed by atoms with Crippen LogP contribution in [0, 0.1) is 5.41 Å². The number of aliphatic hydroxyl groups is 3. The summed E-state index contributed by atoms with van der Waals surface area (Å²) in [7, 11) is 0. The highest BCUT2D eigenvalue weighted by molar-refractivity contribution is 6.76. The Morgan fingerprint density at radius 1 is 1.31 bits per heavy atom. The van der Waals surface area contributed by atoms with Gasteiger partial charge < -0.3 is 24.8 Å². The molecule has 0 aliphatic carbocycles. The molecule has 1 saturated heterocycles. The molecule has 1 aliphatic rings. The summed E-state index contributed by atoms with van der Waals surface area (Å²) >= 11 is 16.0. The van der Waals surface area contributed by atoms with Gasteiger partial charge in [-0.1, -0.05) is 34.8 Å². The number of ether oxygens (including phenoxy) is 2. The summed E-state index contributed by atoms with van der Waals surface area (Å²) in [6.45, 7) is -0.501. The molecule has 6 nitrogen and oxygen atoms in total. The Morgan fingerprint density at radius 2 is 1.88 bits per heavy atom. The highest BCUT2D eigenvalue weighted by atomic mass is 35.6. The average Bonchev–Trinajstić information content (AvgIpc) is 2.44. The van der Waals surface area contributed by atoms with Crippen LogP contribution in [0.15, 0.2) is 0 Å². The van der Waals surface area contributed by atoms with Crippen LogP contribution in [-0.2, 0) is 9.47 Å². The van der Waals surface area contributed by atoms with E-state index in [9.17, 15) is 10.2 Å². The summed E-state index contributed by atoms with van der Waals surface area (Å²) in [5, 5.41) is 34.8. The number of alkyl halides is 3. The van der Waals surface area contributed by atoms with Gasteiger partial charge in [0.1, 0.15) is 18.3 Å². The molecular weight excluding hydrogens is 284 g/mol. The number of halogens is 3. The third kappa shape index (κ3) is 3.10. The van der Waals surface area contributed by atoms with E-state index in [1.165, 1.54) is 0 Å². The van der Waals surface area contributed by atoms with Gasteiger partial charge in [-0.25, -0.2) is 0 Å². The van der Waals surface area contributed by atoms with Gasteiger partial charge in [0.2, 0.25) is 12.2 Å². The molecule has 1 rings (SSSR count). The molecule has 0 bridgehead atoms. The standard InChI is InChI=1S/C7H10Cl3NO5/c8-7(9,10)6(11)16-5-4(14)3(13)2(1-12)15-5/h2-5,11-14H,1H2/t2-,3-,4-,5+/m1/s1. The van der Waals surface area contributed by atoms with Gasteiger partial charge in [0.25, 0.3) is 3.79 Å². The highest BCUT2D eigenvalue weighted by Gasteiger charge is 2.45. The van der Waals surface area contributed by atoms with Crippen LogP contribution in [0.3, 0.4) is 0 Å². The van der Waals surface area contributed by atoms with E-state index in [0.29, 0.717) is 0 Å². The molecule has 9 heteroatoms. The van der Waals surface area contributed by atoms with E-state index in [2.05, 4.69) is 0 Å². The lowest BCUT2D eigenvalue weighted by Crippen LogP contribution is -2.37. The monoisotopic (exact) mass is 293 g/mol. The molecule has 16 heavy (non-hydrogen) atoms. The number of hydrogen-bond donors (Lipinski definition) is 4. The maximum atomic E-state index is 9.44. The topological polar surface area (TPSA) is 103 Å². The molecule has 0 unspecified atom stereocenters. The largest absolute Gasteiger partial charge is 0.445 e. The molecule has 4 N–H and O–H groups in total. The van der Waals surface area contributed by atoms with E-state index in [1.807, 2.05) is 0 Å². The Balaban J connectivity index is 2.60. The van der Waals surface area contributed by atoms with E-state index in [0.717, 1.165) is 0 Å².